The van der Waals surface area contributed by atoms with Gasteiger partial charge in [-0.3, -0.25) is 4.79 Å². The quantitative estimate of drug-likeness (QED) is 0.647. The molecule has 1 amide bonds. The Balaban J connectivity index is 1.42. The fourth-order valence-electron chi connectivity index (χ4n) is 3.85. The predicted molar refractivity (Wildman–Crippen MR) is 113 cm³/mol. The average molecular weight is 405 g/mol. The van der Waals surface area contributed by atoms with Crippen molar-refractivity contribution in [1.29, 1.82) is 0 Å². The van der Waals surface area contributed by atoms with Gasteiger partial charge in [0.1, 0.15) is 17.2 Å². The second-order valence-corrected chi connectivity index (χ2v) is 7.98. The molecule has 154 valence electrons. The van der Waals surface area contributed by atoms with E-state index in [1.54, 1.807) is 18.2 Å². The van der Waals surface area contributed by atoms with Crippen molar-refractivity contribution in [2.24, 2.45) is 0 Å². The number of fused-ring (bicyclic) bond motifs is 1. The van der Waals surface area contributed by atoms with Gasteiger partial charge < -0.3 is 15.2 Å². The summed E-state index contributed by atoms with van der Waals surface area (Å²) in [5, 5.41) is 12.0. The molecular weight excluding hydrogens is 381 g/mol. The number of aliphatic hydroxyl groups excluding tert-OH is 1. The summed E-state index contributed by atoms with van der Waals surface area (Å²) in [4.78, 5) is 12.6. The molecule has 5 heteroatoms. The lowest BCUT2D eigenvalue weighted by Crippen LogP contribution is -2.33. The van der Waals surface area contributed by atoms with Crippen molar-refractivity contribution in [2.75, 3.05) is 0 Å². The van der Waals surface area contributed by atoms with Gasteiger partial charge >= 0.3 is 0 Å². The van der Waals surface area contributed by atoms with Crippen LogP contribution in [0.1, 0.15) is 39.5 Å². The van der Waals surface area contributed by atoms with Crippen molar-refractivity contribution in [3.05, 3.63) is 100 Å². The zero-order valence-corrected chi connectivity index (χ0v) is 16.8. The third-order valence-electron chi connectivity index (χ3n) is 5.42. The van der Waals surface area contributed by atoms with Gasteiger partial charge in [-0.25, -0.2) is 4.39 Å². The number of benzene rings is 3. The van der Waals surface area contributed by atoms with E-state index in [1.807, 2.05) is 49.4 Å². The molecule has 4 rings (SSSR count). The molecule has 0 saturated heterocycles. The lowest BCUT2D eigenvalue weighted by molar-refractivity contribution is 0.0950. The van der Waals surface area contributed by atoms with E-state index < -0.39 is 5.60 Å². The number of rotatable bonds is 6. The summed E-state index contributed by atoms with van der Waals surface area (Å²) in [6, 6.07) is 19.6. The van der Waals surface area contributed by atoms with E-state index >= 15 is 0 Å². The highest BCUT2D eigenvalue weighted by Crippen LogP contribution is 2.37. The highest BCUT2D eigenvalue weighted by Gasteiger charge is 2.36. The zero-order chi connectivity index (χ0) is 21.1. The lowest BCUT2D eigenvalue weighted by atomic mass is 9.91. The van der Waals surface area contributed by atoms with Gasteiger partial charge in [0.15, 0.2) is 0 Å². The normalized spacial score (nSPS) is 17.3. The highest BCUT2D eigenvalue weighted by molar-refractivity contribution is 5.94. The maximum Gasteiger partial charge on any atom is 0.251 e. The smallest absolute Gasteiger partial charge is 0.251 e. The van der Waals surface area contributed by atoms with Crippen LogP contribution in [0.25, 0.3) is 0 Å². The first-order valence-corrected chi connectivity index (χ1v) is 9.98. The first-order valence-electron chi connectivity index (χ1n) is 9.98. The molecule has 0 unspecified atom stereocenters. The summed E-state index contributed by atoms with van der Waals surface area (Å²) in [6.45, 7) is 2.37. The summed E-state index contributed by atoms with van der Waals surface area (Å²) in [5.41, 5.74) is 3.39. The van der Waals surface area contributed by atoms with Gasteiger partial charge in [-0.1, -0.05) is 42.5 Å². The Labute approximate surface area is 175 Å². The number of nitrogens with one attached hydrogen (secondary N) is 1. The van der Waals surface area contributed by atoms with E-state index in [2.05, 4.69) is 5.32 Å². The summed E-state index contributed by atoms with van der Waals surface area (Å²) >= 11 is 0. The summed E-state index contributed by atoms with van der Waals surface area (Å²) in [6.07, 6.45) is 1.07. The van der Waals surface area contributed by atoms with Crippen molar-refractivity contribution in [3.8, 4) is 5.75 Å². The molecule has 30 heavy (non-hydrogen) atoms. The molecule has 0 spiro atoms. The molecule has 3 aromatic carbocycles. The molecule has 0 aliphatic carbocycles. The number of carbonyl (C=O) groups is 1. The maximum absolute atomic E-state index is 14.1. The van der Waals surface area contributed by atoms with Gasteiger partial charge in [0.05, 0.1) is 6.61 Å². The molecule has 0 fully saturated rings. The molecule has 1 aliphatic heterocycles. The topological polar surface area (TPSA) is 58.6 Å². The average Bonchev–Trinajstić information content (AvgIpc) is 3.09. The molecule has 1 aliphatic rings. The van der Waals surface area contributed by atoms with Crippen molar-refractivity contribution in [2.45, 2.75) is 38.5 Å². The van der Waals surface area contributed by atoms with Crippen LogP contribution < -0.4 is 10.1 Å². The lowest BCUT2D eigenvalue weighted by Gasteiger charge is -2.24. The molecule has 3 aromatic rings. The van der Waals surface area contributed by atoms with Crippen LogP contribution in [-0.4, -0.2) is 16.6 Å². The molecule has 0 radical (unpaired) electrons. The first kappa shape index (κ1) is 20.1. The van der Waals surface area contributed by atoms with Gasteiger partial charge in [-0.05, 0) is 53.4 Å². The van der Waals surface area contributed by atoms with E-state index in [-0.39, 0.29) is 18.3 Å². The predicted octanol–water partition coefficient (Wildman–Crippen LogP) is 4.18. The fraction of sp³-hybridized carbons (Fsp3) is 0.240. The monoisotopic (exact) mass is 405 g/mol. The van der Waals surface area contributed by atoms with Crippen LogP contribution in [0.5, 0.6) is 5.75 Å². The van der Waals surface area contributed by atoms with Crippen LogP contribution in [0.15, 0.2) is 66.7 Å². The minimum Gasteiger partial charge on any atom is -0.487 e. The Hall–Kier alpha value is -3.18. The molecule has 0 aromatic heterocycles. The van der Waals surface area contributed by atoms with Crippen molar-refractivity contribution in [1.82, 2.24) is 5.32 Å². The number of halogens is 1. The number of hydrogen-bond acceptors (Lipinski definition) is 3. The van der Waals surface area contributed by atoms with Crippen molar-refractivity contribution < 1.29 is 19.0 Å². The van der Waals surface area contributed by atoms with Gasteiger partial charge in [0, 0.05) is 24.9 Å². The van der Waals surface area contributed by atoms with Crippen LogP contribution >= 0.6 is 0 Å². The molecule has 1 atom stereocenters. The largest absolute Gasteiger partial charge is 0.487 e. The third kappa shape index (κ3) is 4.36. The highest BCUT2D eigenvalue weighted by atomic mass is 19.1. The van der Waals surface area contributed by atoms with Crippen molar-refractivity contribution >= 4 is 5.91 Å². The van der Waals surface area contributed by atoms with E-state index in [4.69, 9.17) is 9.84 Å². The van der Waals surface area contributed by atoms with Gasteiger partial charge in [0.2, 0.25) is 0 Å². The molecule has 4 nitrogen and oxygen atoms in total. The van der Waals surface area contributed by atoms with Crippen molar-refractivity contribution in [3.63, 3.8) is 0 Å². The Kier molecular flexibility index (Phi) is 5.55. The van der Waals surface area contributed by atoms with Gasteiger partial charge in [-0.2, -0.15) is 0 Å². The number of hydrogen-bond donors (Lipinski definition) is 2. The van der Waals surface area contributed by atoms with Crippen LogP contribution in [0, 0.1) is 5.82 Å². The Morgan fingerprint density at radius 2 is 1.83 bits per heavy atom. The van der Waals surface area contributed by atoms with Crippen LogP contribution in [0.2, 0.25) is 0 Å². The van der Waals surface area contributed by atoms with E-state index in [1.165, 1.54) is 6.07 Å². The van der Waals surface area contributed by atoms with Crippen LogP contribution in [0.3, 0.4) is 0 Å². The first-order chi connectivity index (χ1) is 14.5. The second-order valence-electron chi connectivity index (χ2n) is 7.98. The van der Waals surface area contributed by atoms with Gasteiger partial charge in [0.25, 0.3) is 5.91 Å². The molecule has 0 bridgehead atoms. The van der Waals surface area contributed by atoms with E-state index in [9.17, 15) is 9.18 Å². The number of aliphatic hydroxyl groups is 1. The van der Waals surface area contributed by atoms with Crippen LogP contribution in [0.4, 0.5) is 4.39 Å². The Morgan fingerprint density at radius 3 is 2.57 bits per heavy atom. The summed E-state index contributed by atoms with van der Waals surface area (Å²) in [5.74, 6) is 0.349. The SMILES string of the molecule is C[C@@]1(Cc2ccccc2F)Cc2cc(C(=O)NCc3ccc(CO)cc3)ccc2O1. The molecule has 0 saturated carbocycles. The number of ether oxygens (including phenoxy) is 1. The molecule has 1 heterocycles. The minimum absolute atomic E-state index is 0.000328. The molecule has 2 N–H and O–H groups in total. The number of carbonyl (C=O) groups excluding carboxylic acids is 1. The zero-order valence-electron chi connectivity index (χ0n) is 16.8. The number of amides is 1. The summed E-state index contributed by atoms with van der Waals surface area (Å²) in [7, 11) is 0. The van der Waals surface area contributed by atoms with E-state index in [0.29, 0.717) is 30.5 Å². The summed E-state index contributed by atoms with van der Waals surface area (Å²) < 4.78 is 20.2. The van der Waals surface area contributed by atoms with Crippen LogP contribution in [-0.2, 0) is 26.0 Å². The second kappa shape index (κ2) is 8.28. The Bertz CT molecular complexity index is 1060. The minimum atomic E-state index is -0.548. The van der Waals surface area contributed by atoms with E-state index in [0.717, 1.165) is 22.4 Å². The Morgan fingerprint density at radius 1 is 1.10 bits per heavy atom. The fourth-order valence-corrected chi connectivity index (χ4v) is 3.85. The third-order valence-corrected chi connectivity index (χ3v) is 5.42. The maximum atomic E-state index is 14.1. The van der Waals surface area contributed by atoms with Gasteiger partial charge in [-0.15, -0.1) is 0 Å². The standard InChI is InChI=1S/C25H24FNO3/c1-25(13-20-4-2-3-5-22(20)26)14-21-12-19(10-11-23(21)30-25)24(29)27-15-17-6-8-18(16-28)9-7-17/h2-12,28H,13-16H2,1H3,(H,27,29)/t25-/m1/s1. The molecular formula is C25H24FNO3.